The second kappa shape index (κ2) is 5.89. The SMILES string of the molecule is CC1CCC(CO)(CN2CCC(C)C(O)C2)CC1. The van der Waals surface area contributed by atoms with Crippen molar-refractivity contribution in [2.75, 3.05) is 26.2 Å². The summed E-state index contributed by atoms with van der Waals surface area (Å²) < 4.78 is 0. The van der Waals surface area contributed by atoms with Gasteiger partial charge in [0.25, 0.3) is 0 Å². The highest BCUT2D eigenvalue weighted by Crippen LogP contribution is 2.39. The van der Waals surface area contributed by atoms with Gasteiger partial charge in [-0.15, -0.1) is 0 Å². The molecule has 1 aliphatic heterocycles. The molecule has 2 aliphatic rings. The van der Waals surface area contributed by atoms with Crippen molar-refractivity contribution in [3.63, 3.8) is 0 Å². The molecule has 1 saturated carbocycles. The first-order chi connectivity index (χ1) is 8.54. The average molecular weight is 255 g/mol. The van der Waals surface area contributed by atoms with Crippen molar-refractivity contribution in [1.29, 1.82) is 0 Å². The summed E-state index contributed by atoms with van der Waals surface area (Å²) in [5, 5.41) is 19.8. The smallest absolute Gasteiger partial charge is 0.0693 e. The monoisotopic (exact) mass is 255 g/mol. The summed E-state index contributed by atoms with van der Waals surface area (Å²) in [6, 6.07) is 0. The highest BCUT2D eigenvalue weighted by molar-refractivity contribution is 4.89. The summed E-state index contributed by atoms with van der Waals surface area (Å²) >= 11 is 0. The quantitative estimate of drug-likeness (QED) is 0.809. The number of aliphatic hydroxyl groups is 2. The van der Waals surface area contributed by atoms with Crippen LogP contribution in [0, 0.1) is 17.3 Å². The molecular formula is C15H29NO2. The van der Waals surface area contributed by atoms with E-state index in [1.807, 2.05) is 0 Å². The Kier molecular flexibility index (Phi) is 4.68. The van der Waals surface area contributed by atoms with E-state index in [9.17, 15) is 10.2 Å². The van der Waals surface area contributed by atoms with Crippen LogP contribution < -0.4 is 0 Å². The Morgan fingerprint density at radius 3 is 2.39 bits per heavy atom. The second-order valence-electron chi connectivity index (χ2n) is 6.91. The highest BCUT2D eigenvalue weighted by atomic mass is 16.3. The molecule has 0 aromatic carbocycles. The van der Waals surface area contributed by atoms with Gasteiger partial charge in [0.2, 0.25) is 0 Å². The van der Waals surface area contributed by atoms with Gasteiger partial charge in [0.05, 0.1) is 6.10 Å². The summed E-state index contributed by atoms with van der Waals surface area (Å²) in [5.41, 5.74) is 0.104. The maximum Gasteiger partial charge on any atom is 0.0693 e. The molecule has 2 atom stereocenters. The number of rotatable bonds is 3. The summed E-state index contributed by atoms with van der Waals surface area (Å²) in [5.74, 6) is 1.24. The number of likely N-dealkylation sites (tertiary alicyclic amines) is 1. The predicted molar refractivity (Wildman–Crippen MR) is 73.4 cm³/mol. The van der Waals surface area contributed by atoms with E-state index in [2.05, 4.69) is 18.7 Å². The van der Waals surface area contributed by atoms with Crippen LogP contribution in [-0.2, 0) is 0 Å². The molecule has 106 valence electrons. The molecule has 0 amide bonds. The van der Waals surface area contributed by atoms with Crippen LogP contribution >= 0.6 is 0 Å². The number of hydrogen-bond acceptors (Lipinski definition) is 3. The van der Waals surface area contributed by atoms with Gasteiger partial charge in [0, 0.05) is 25.1 Å². The number of aliphatic hydroxyl groups excluding tert-OH is 2. The molecule has 0 spiro atoms. The van der Waals surface area contributed by atoms with E-state index in [0.29, 0.717) is 12.5 Å². The minimum atomic E-state index is -0.183. The van der Waals surface area contributed by atoms with Crippen LogP contribution in [0.5, 0.6) is 0 Å². The van der Waals surface area contributed by atoms with Crippen molar-refractivity contribution in [2.24, 2.45) is 17.3 Å². The lowest BCUT2D eigenvalue weighted by atomic mass is 9.71. The Morgan fingerprint density at radius 1 is 1.17 bits per heavy atom. The van der Waals surface area contributed by atoms with E-state index in [4.69, 9.17) is 0 Å². The fourth-order valence-electron chi connectivity index (χ4n) is 3.47. The first-order valence-corrected chi connectivity index (χ1v) is 7.56. The minimum absolute atomic E-state index is 0.104. The Balaban J connectivity index is 1.90. The van der Waals surface area contributed by atoms with Gasteiger partial charge in [-0.3, -0.25) is 0 Å². The van der Waals surface area contributed by atoms with Gasteiger partial charge in [-0.2, -0.15) is 0 Å². The Hall–Kier alpha value is -0.120. The number of nitrogens with zero attached hydrogens (tertiary/aromatic N) is 1. The van der Waals surface area contributed by atoms with Crippen LogP contribution in [0.25, 0.3) is 0 Å². The first-order valence-electron chi connectivity index (χ1n) is 7.56. The van der Waals surface area contributed by atoms with Gasteiger partial charge in [-0.1, -0.05) is 26.7 Å². The predicted octanol–water partition coefficient (Wildman–Crippen LogP) is 1.88. The zero-order chi connectivity index (χ0) is 13.2. The fraction of sp³-hybridized carbons (Fsp3) is 1.00. The molecular weight excluding hydrogens is 226 g/mol. The standard InChI is InChI=1S/C15H29NO2/c1-12-3-6-15(11-17,7-4-12)10-16-8-5-13(2)14(18)9-16/h12-14,17-18H,3-11H2,1-2H3. The van der Waals surface area contributed by atoms with Crippen LogP contribution in [-0.4, -0.2) is 47.5 Å². The summed E-state index contributed by atoms with van der Waals surface area (Å²) in [7, 11) is 0. The first kappa shape index (κ1) is 14.3. The zero-order valence-corrected chi connectivity index (χ0v) is 11.9. The molecule has 0 radical (unpaired) electrons. The molecule has 2 rings (SSSR count). The molecule has 2 N–H and O–H groups in total. The Morgan fingerprint density at radius 2 is 1.83 bits per heavy atom. The molecule has 18 heavy (non-hydrogen) atoms. The lowest BCUT2D eigenvalue weighted by molar-refractivity contribution is -0.0191. The second-order valence-corrected chi connectivity index (χ2v) is 6.91. The van der Waals surface area contributed by atoms with E-state index in [-0.39, 0.29) is 11.5 Å². The maximum absolute atomic E-state index is 9.97. The van der Waals surface area contributed by atoms with Crippen LogP contribution in [0.2, 0.25) is 0 Å². The van der Waals surface area contributed by atoms with Crippen molar-refractivity contribution in [3.05, 3.63) is 0 Å². The van der Waals surface area contributed by atoms with E-state index in [0.717, 1.165) is 44.8 Å². The fourth-order valence-corrected chi connectivity index (χ4v) is 3.47. The number of β-amino-alcohol motifs (C(OH)–C–C–N with tert-alkyl or cyclic N) is 1. The van der Waals surface area contributed by atoms with E-state index in [1.54, 1.807) is 0 Å². The van der Waals surface area contributed by atoms with Gasteiger partial charge in [-0.05, 0) is 37.6 Å². The molecule has 3 nitrogen and oxygen atoms in total. The number of hydrogen-bond donors (Lipinski definition) is 2. The average Bonchev–Trinajstić information content (AvgIpc) is 2.37. The van der Waals surface area contributed by atoms with Crippen LogP contribution in [0.15, 0.2) is 0 Å². The van der Waals surface area contributed by atoms with Crippen molar-refractivity contribution < 1.29 is 10.2 Å². The van der Waals surface area contributed by atoms with Crippen molar-refractivity contribution in [2.45, 2.75) is 52.1 Å². The van der Waals surface area contributed by atoms with E-state index < -0.39 is 0 Å². The van der Waals surface area contributed by atoms with Gasteiger partial charge < -0.3 is 15.1 Å². The van der Waals surface area contributed by atoms with Gasteiger partial charge >= 0.3 is 0 Å². The van der Waals surface area contributed by atoms with Gasteiger partial charge in [-0.25, -0.2) is 0 Å². The van der Waals surface area contributed by atoms with Crippen LogP contribution in [0.1, 0.15) is 46.0 Å². The minimum Gasteiger partial charge on any atom is -0.396 e. The topological polar surface area (TPSA) is 43.7 Å². The highest BCUT2D eigenvalue weighted by Gasteiger charge is 2.37. The zero-order valence-electron chi connectivity index (χ0n) is 11.9. The molecule has 3 heteroatoms. The molecule has 1 saturated heterocycles. The van der Waals surface area contributed by atoms with Crippen LogP contribution in [0.4, 0.5) is 0 Å². The van der Waals surface area contributed by atoms with E-state index >= 15 is 0 Å². The largest absolute Gasteiger partial charge is 0.396 e. The van der Waals surface area contributed by atoms with Gasteiger partial charge in [0.1, 0.15) is 0 Å². The lowest BCUT2D eigenvalue weighted by Crippen LogP contribution is -2.49. The third-order valence-electron chi connectivity index (χ3n) is 5.23. The third kappa shape index (κ3) is 3.25. The maximum atomic E-state index is 9.97. The third-order valence-corrected chi connectivity index (χ3v) is 5.23. The number of piperidine rings is 1. The van der Waals surface area contributed by atoms with Crippen molar-refractivity contribution in [3.8, 4) is 0 Å². The van der Waals surface area contributed by atoms with Crippen molar-refractivity contribution >= 4 is 0 Å². The van der Waals surface area contributed by atoms with E-state index in [1.165, 1.54) is 12.8 Å². The Bertz CT molecular complexity index is 261. The summed E-state index contributed by atoms with van der Waals surface area (Å²) in [4.78, 5) is 2.37. The normalized spacial score (nSPS) is 43.0. The molecule has 2 fully saturated rings. The summed E-state index contributed by atoms with van der Waals surface area (Å²) in [6.07, 6.45) is 5.68. The van der Waals surface area contributed by atoms with Crippen LogP contribution in [0.3, 0.4) is 0 Å². The molecule has 1 heterocycles. The molecule has 2 unspecified atom stereocenters. The van der Waals surface area contributed by atoms with Crippen molar-refractivity contribution in [1.82, 2.24) is 4.90 Å². The molecule has 0 aromatic heterocycles. The molecule has 1 aliphatic carbocycles. The van der Waals surface area contributed by atoms with Gasteiger partial charge in [0.15, 0.2) is 0 Å². The molecule has 0 bridgehead atoms. The summed E-state index contributed by atoms with van der Waals surface area (Å²) in [6.45, 7) is 7.59. The Labute approximate surface area is 111 Å². The lowest BCUT2D eigenvalue weighted by Gasteiger charge is -2.44. The molecule has 0 aromatic rings.